The number of aliphatic hydroxyl groups excluding tert-OH is 1. The van der Waals surface area contributed by atoms with Gasteiger partial charge in [-0.25, -0.2) is 0 Å². The highest BCUT2D eigenvalue weighted by Crippen LogP contribution is 2.24. The summed E-state index contributed by atoms with van der Waals surface area (Å²) >= 11 is 0. The molecule has 1 N–H and O–H groups in total. The van der Waals surface area contributed by atoms with Crippen molar-refractivity contribution < 1.29 is 14.8 Å². The van der Waals surface area contributed by atoms with E-state index >= 15 is 0 Å². The van der Waals surface area contributed by atoms with Gasteiger partial charge in [0.25, 0.3) is 5.69 Å². The van der Waals surface area contributed by atoms with Gasteiger partial charge in [0.05, 0.1) is 11.0 Å². The van der Waals surface area contributed by atoms with E-state index in [9.17, 15) is 10.1 Å². The topological polar surface area (TPSA) is 72.6 Å². The van der Waals surface area contributed by atoms with Crippen molar-refractivity contribution in [2.75, 3.05) is 6.61 Å². The van der Waals surface area contributed by atoms with Crippen molar-refractivity contribution in [2.24, 2.45) is 0 Å². The van der Waals surface area contributed by atoms with Gasteiger partial charge < -0.3 is 9.84 Å². The fourth-order valence-corrected chi connectivity index (χ4v) is 1.30. The van der Waals surface area contributed by atoms with Crippen LogP contribution in [0, 0.1) is 10.1 Å². The smallest absolute Gasteiger partial charge is 0.273 e. The number of non-ortho nitro benzene ring substituents is 1. The van der Waals surface area contributed by atoms with Gasteiger partial charge in [-0.15, -0.1) is 0 Å². The molecular weight excluding hydrogens is 210 g/mol. The molecule has 0 amide bonds. The number of hydrogen-bond acceptors (Lipinski definition) is 4. The van der Waals surface area contributed by atoms with Crippen LogP contribution in [-0.4, -0.2) is 22.2 Å². The van der Waals surface area contributed by atoms with E-state index in [2.05, 4.69) is 0 Å². The summed E-state index contributed by atoms with van der Waals surface area (Å²) in [6.45, 7) is 3.66. The lowest BCUT2D eigenvalue weighted by molar-refractivity contribution is -0.385. The molecule has 5 nitrogen and oxygen atoms in total. The fourth-order valence-electron chi connectivity index (χ4n) is 1.30. The van der Waals surface area contributed by atoms with Crippen LogP contribution in [0.15, 0.2) is 24.3 Å². The molecule has 0 heterocycles. The Balaban J connectivity index is 2.81. The molecule has 0 atom stereocenters. The largest absolute Gasteiger partial charge is 0.488 e. The molecule has 0 aliphatic rings. The van der Waals surface area contributed by atoms with E-state index in [4.69, 9.17) is 9.84 Å². The van der Waals surface area contributed by atoms with Crippen LogP contribution in [0.3, 0.4) is 0 Å². The molecule has 88 valence electrons. The Bertz CT molecular complexity index is 376. The molecule has 0 fully saturated rings. The third-order valence-corrected chi connectivity index (χ3v) is 2.14. The fraction of sp³-hybridized carbons (Fsp3) is 0.455. The number of hydrogen-bond donors (Lipinski definition) is 1. The molecule has 1 rings (SSSR count). The van der Waals surface area contributed by atoms with Gasteiger partial charge in [0.15, 0.2) is 0 Å². The Morgan fingerprint density at radius 1 is 1.50 bits per heavy atom. The zero-order chi connectivity index (χ0) is 12.2. The number of nitrogens with zero attached hydrogens (tertiary/aromatic N) is 1. The summed E-state index contributed by atoms with van der Waals surface area (Å²) in [5, 5.41) is 19.4. The van der Waals surface area contributed by atoms with Crippen molar-refractivity contribution >= 4 is 5.69 Å². The van der Waals surface area contributed by atoms with Crippen LogP contribution in [0.5, 0.6) is 5.75 Å². The Hall–Kier alpha value is -1.62. The second-order valence-corrected chi connectivity index (χ2v) is 4.09. The van der Waals surface area contributed by atoms with Crippen LogP contribution in [0.25, 0.3) is 0 Å². The molecule has 1 aromatic rings. The Labute approximate surface area is 93.8 Å². The monoisotopic (exact) mass is 225 g/mol. The van der Waals surface area contributed by atoms with E-state index in [0.717, 1.165) is 0 Å². The van der Waals surface area contributed by atoms with Crippen LogP contribution < -0.4 is 4.74 Å². The first-order chi connectivity index (χ1) is 7.44. The van der Waals surface area contributed by atoms with Gasteiger partial charge in [0, 0.05) is 19.1 Å². The van der Waals surface area contributed by atoms with Crippen LogP contribution in [-0.2, 0) is 0 Å². The van der Waals surface area contributed by atoms with Crippen LogP contribution in [0.4, 0.5) is 5.69 Å². The van der Waals surface area contributed by atoms with Crippen molar-refractivity contribution in [3.63, 3.8) is 0 Å². The average Bonchev–Trinajstić information content (AvgIpc) is 2.17. The minimum absolute atomic E-state index is 0.00250. The molecule has 0 saturated carbocycles. The lowest BCUT2D eigenvalue weighted by Crippen LogP contribution is -2.29. The zero-order valence-electron chi connectivity index (χ0n) is 9.34. The van der Waals surface area contributed by atoms with Gasteiger partial charge in [-0.1, -0.05) is 6.07 Å². The van der Waals surface area contributed by atoms with E-state index in [1.807, 2.05) is 13.8 Å². The first-order valence-corrected chi connectivity index (χ1v) is 4.99. The van der Waals surface area contributed by atoms with Crippen LogP contribution >= 0.6 is 0 Å². The second-order valence-electron chi connectivity index (χ2n) is 4.09. The number of nitro benzene ring substituents is 1. The third kappa shape index (κ3) is 3.51. The predicted molar refractivity (Wildman–Crippen MR) is 59.5 cm³/mol. The Kier molecular flexibility index (Phi) is 3.84. The van der Waals surface area contributed by atoms with E-state index in [1.165, 1.54) is 12.1 Å². The van der Waals surface area contributed by atoms with E-state index < -0.39 is 10.5 Å². The SMILES string of the molecule is CC(C)(CCO)Oc1cccc([N+](=O)[O-])c1. The molecule has 16 heavy (non-hydrogen) atoms. The summed E-state index contributed by atoms with van der Waals surface area (Å²) in [4.78, 5) is 10.1. The lowest BCUT2D eigenvalue weighted by atomic mass is 10.1. The summed E-state index contributed by atoms with van der Waals surface area (Å²) in [5.41, 5.74) is -0.540. The van der Waals surface area contributed by atoms with E-state index in [1.54, 1.807) is 12.1 Å². The minimum Gasteiger partial charge on any atom is -0.488 e. The molecule has 5 heteroatoms. The van der Waals surface area contributed by atoms with Crippen LogP contribution in [0.1, 0.15) is 20.3 Å². The van der Waals surface area contributed by atoms with Crippen molar-refractivity contribution in [3.05, 3.63) is 34.4 Å². The van der Waals surface area contributed by atoms with Crippen molar-refractivity contribution in [1.29, 1.82) is 0 Å². The number of ether oxygens (including phenoxy) is 1. The number of rotatable bonds is 5. The van der Waals surface area contributed by atoms with Gasteiger partial charge in [0.1, 0.15) is 11.4 Å². The van der Waals surface area contributed by atoms with Gasteiger partial charge in [-0.3, -0.25) is 10.1 Å². The van der Waals surface area contributed by atoms with Gasteiger partial charge in [-0.2, -0.15) is 0 Å². The molecule has 0 spiro atoms. The van der Waals surface area contributed by atoms with Gasteiger partial charge in [0.2, 0.25) is 0 Å². The van der Waals surface area contributed by atoms with Crippen LogP contribution in [0.2, 0.25) is 0 Å². The quantitative estimate of drug-likeness (QED) is 0.615. The standard InChI is InChI=1S/C11H15NO4/c1-11(2,6-7-13)16-10-5-3-4-9(8-10)12(14)15/h3-5,8,13H,6-7H2,1-2H3. The highest BCUT2D eigenvalue weighted by atomic mass is 16.6. The summed E-state index contributed by atoms with van der Waals surface area (Å²) in [6.07, 6.45) is 0.468. The molecule has 0 saturated heterocycles. The van der Waals surface area contributed by atoms with E-state index in [0.29, 0.717) is 12.2 Å². The Morgan fingerprint density at radius 2 is 2.19 bits per heavy atom. The van der Waals surface area contributed by atoms with Crippen molar-refractivity contribution in [3.8, 4) is 5.75 Å². The predicted octanol–water partition coefficient (Wildman–Crippen LogP) is 2.13. The Morgan fingerprint density at radius 3 is 2.75 bits per heavy atom. The highest BCUT2D eigenvalue weighted by Gasteiger charge is 2.19. The second kappa shape index (κ2) is 4.94. The van der Waals surface area contributed by atoms with Gasteiger partial charge in [-0.05, 0) is 19.9 Å². The minimum atomic E-state index is -0.538. The number of nitro groups is 1. The number of aliphatic hydroxyl groups is 1. The maximum atomic E-state index is 10.6. The molecule has 0 aromatic heterocycles. The average molecular weight is 225 g/mol. The summed E-state index contributed by atoms with van der Waals surface area (Å²) in [7, 11) is 0. The zero-order valence-corrected chi connectivity index (χ0v) is 9.34. The maximum absolute atomic E-state index is 10.6. The molecule has 0 unspecified atom stereocenters. The van der Waals surface area contributed by atoms with Crippen molar-refractivity contribution in [2.45, 2.75) is 25.9 Å². The molecule has 0 aliphatic carbocycles. The first kappa shape index (κ1) is 12.4. The lowest BCUT2D eigenvalue weighted by Gasteiger charge is -2.25. The van der Waals surface area contributed by atoms with Crippen molar-refractivity contribution in [1.82, 2.24) is 0 Å². The molecule has 0 bridgehead atoms. The molecule has 0 radical (unpaired) electrons. The first-order valence-electron chi connectivity index (χ1n) is 4.99. The highest BCUT2D eigenvalue weighted by molar-refractivity contribution is 5.38. The van der Waals surface area contributed by atoms with Gasteiger partial charge >= 0.3 is 0 Å². The summed E-state index contributed by atoms with van der Waals surface area (Å²) < 4.78 is 5.57. The maximum Gasteiger partial charge on any atom is 0.273 e. The summed E-state index contributed by atoms with van der Waals surface area (Å²) in [6, 6.07) is 6.01. The normalized spacial score (nSPS) is 11.2. The molecular formula is C11H15NO4. The molecule has 0 aliphatic heterocycles. The molecule has 1 aromatic carbocycles. The summed E-state index contributed by atoms with van der Waals surface area (Å²) in [5.74, 6) is 0.438. The van der Waals surface area contributed by atoms with E-state index in [-0.39, 0.29) is 12.3 Å². The third-order valence-electron chi connectivity index (χ3n) is 2.14. The number of benzene rings is 1.